The van der Waals surface area contributed by atoms with Crippen molar-refractivity contribution in [1.29, 1.82) is 0 Å². The van der Waals surface area contributed by atoms with Gasteiger partial charge in [-0.3, -0.25) is 23.5 Å². The van der Waals surface area contributed by atoms with Crippen molar-refractivity contribution in [2.75, 3.05) is 25.9 Å². The van der Waals surface area contributed by atoms with E-state index < -0.39 is 27.1 Å². The molecule has 43 heavy (non-hydrogen) atoms. The monoisotopic (exact) mass is 626 g/mol. The normalized spacial score (nSPS) is 16.3. The molecule has 0 saturated carbocycles. The summed E-state index contributed by atoms with van der Waals surface area (Å²) in [7, 11) is -3.68. The number of nitrogens with zero attached hydrogens (tertiary/aromatic N) is 4. The average molecular weight is 627 g/mol. The highest BCUT2D eigenvalue weighted by Crippen LogP contribution is 2.31. The van der Waals surface area contributed by atoms with Crippen LogP contribution >= 0.6 is 11.6 Å². The number of carbonyl (C=O) groups excluding carboxylic acids is 2. The van der Waals surface area contributed by atoms with Crippen LogP contribution in [0.25, 0.3) is 11.1 Å². The summed E-state index contributed by atoms with van der Waals surface area (Å²) in [5, 5.41) is -0.123. The lowest BCUT2D eigenvalue weighted by molar-refractivity contribution is -0.136. The lowest BCUT2D eigenvalue weighted by Crippen LogP contribution is -2.50. The minimum atomic E-state index is -3.68. The third-order valence-corrected chi connectivity index (χ3v) is 9.98. The van der Waals surface area contributed by atoms with Crippen LogP contribution in [0.15, 0.2) is 63.1 Å². The van der Waals surface area contributed by atoms with Gasteiger partial charge in [-0.05, 0) is 50.3 Å². The highest BCUT2D eigenvalue weighted by molar-refractivity contribution is 7.90. The van der Waals surface area contributed by atoms with E-state index in [1.165, 1.54) is 34.5 Å². The first kappa shape index (κ1) is 30.7. The fourth-order valence-electron chi connectivity index (χ4n) is 6.04. The minimum Gasteiger partial charge on any atom is -0.341 e. The zero-order chi connectivity index (χ0) is 31.1. The molecule has 3 heterocycles. The van der Waals surface area contributed by atoms with Crippen molar-refractivity contribution >= 4 is 33.3 Å². The van der Waals surface area contributed by atoms with E-state index in [1.807, 2.05) is 23.1 Å². The Labute approximate surface area is 255 Å². The number of hydrogen-bond acceptors (Lipinski definition) is 6. The lowest BCUT2D eigenvalue weighted by atomic mass is 10.0. The number of likely N-dealkylation sites (tertiary alicyclic amines) is 1. The minimum absolute atomic E-state index is 0.0241. The summed E-state index contributed by atoms with van der Waals surface area (Å²) in [5.74, 6) is -0.186. The predicted octanol–water partition coefficient (Wildman–Crippen LogP) is 2.93. The highest BCUT2D eigenvalue weighted by Gasteiger charge is 2.31. The van der Waals surface area contributed by atoms with Crippen LogP contribution in [0, 0.1) is 0 Å². The Morgan fingerprint density at radius 1 is 0.953 bits per heavy atom. The quantitative estimate of drug-likeness (QED) is 0.415. The molecule has 12 heteroatoms. The molecule has 0 bridgehead atoms. The van der Waals surface area contributed by atoms with Gasteiger partial charge in [0.1, 0.15) is 6.54 Å². The van der Waals surface area contributed by atoms with E-state index in [2.05, 4.69) is 6.07 Å². The Hall–Kier alpha value is -3.70. The Morgan fingerprint density at radius 3 is 2.28 bits per heavy atom. The Bertz CT molecular complexity index is 1810. The van der Waals surface area contributed by atoms with Gasteiger partial charge in [0, 0.05) is 49.7 Å². The van der Waals surface area contributed by atoms with E-state index in [0.717, 1.165) is 22.8 Å². The maximum atomic E-state index is 13.4. The van der Waals surface area contributed by atoms with E-state index >= 15 is 0 Å². The molecule has 0 N–H and O–H groups in total. The van der Waals surface area contributed by atoms with Crippen molar-refractivity contribution in [2.45, 2.75) is 63.1 Å². The molecule has 5 rings (SSSR count). The molecule has 2 aliphatic rings. The summed E-state index contributed by atoms with van der Waals surface area (Å²) < 4.78 is 26.7. The summed E-state index contributed by atoms with van der Waals surface area (Å²) in [6, 6.07) is 11.9. The van der Waals surface area contributed by atoms with Gasteiger partial charge in [0.15, 0.2) is 9.84 Å². The summed E-state index contributed by atoms with van der Waals surface area (Å²) in [6.07, 6.45) is 4.75. The van der Waals surface area contributed by atoms with Gasteiger partial charge in [-0.25, -0.2) is 13.2 Å². The summed E-state index contributed by atoms with van der Waals surface area (Å²) in [5.41, 5.74) is 1.19. The van der Waals surface area contributed by atoms with Crippen LogP contribution in [0.5, 0.6) is 0 Å². The third kappa shape index (κ3) is 6.19. The molecular formula is C31H35ClN4O6S. The summed E-state index contributed by atoms with van der Waals surface area (Å²) in [4.78, 5) is 56.8. The number of sulfone groups is 1. The van der Waals surface area contributed by atoms with E-state index in [1.54, 1.807) is 18.7 Å². The van der Waals surface area contributed by atoms with Crippen LogP contribution in [0.2, 0.25) is 5.02 Å². The van der Waals surface area contributed by atoms with Crippen molar-refractivity contribution in [3.63, 3.8) is 0 Å². The molecule has 0 aliphatic carbocycles. The van der Waals surface area contributed by atoms with E-state index in [0.29, 0.717) is 38.9 Å². The number of rotatable bonds is 6. The van der Waals surface area contributed by atoms with E-state index in [9.17, 15) is 27.6 Å². The fourth-order valence-corrected chi connectivity index (χ4v) is 7.45. The molecule has 228 valence electrons. The molecule has 2 aliphatic heterocycles. The second kappa shape index (κ2) is 12.1. The van der Waals surface area contributed by atoms with Gasteiger partial charge in [0.05, 0.1) is 21.9 Å². The van der Waals surface area contributed by atoms with Gasteiger partial charge in [-0.1, -0.05) is 48.0 Å². The topological polar surface area (TPSA) is 119 Å². The number of piperidine rings is 1. The number of benzene rings is 2. The van der Waals surface area contributed by atoms with Gasteiger partial charge in [0.25, 0.3) is 5.56 Å². The molecule has 1 fully saturated rings. The molecule has 3 aromatic rings. The first-order valence-corrected chi connectivity index (χ1v) is 16.6. The molecule has 0 spiro atoms. The van der Waals surface area contributed by atoms with E-state index in [4.69, 9.17) is 11.6 Å². The number of halogens is 1. The van der Waals surface area contributed by atoms with Crippen molar-refractivity contribution in [3.8, 4) is 11.1 Å². The van der Waals surface area contributed by atoms with Crippen molar-refractivity contribution < 1.29 is 18.0 Å². The molecule has 10 nitrogen and oxygen atoms in total. The van der Waals surface area contributed by atoms with Gasteiger partial charge in [0.2, 0.25) is 11.8 Å². The van der Waals surface area contributed by atoms with Crippen LogP contribution in [0.1, 0.15) is 43.9 Å². The standard InChI is InChI=1S/C31H35ClN4O6S/c1-20(2)36-30(39)25(24-9-6-10-26(29(24)32)43(3,41)42)18-34(31(36)40)19-28(38)33-14-12-23(13-15-33)35-16-11-21-7-4-5-8-22(21)17-27(35)37/h4-10,18,20,23H,11-17,19H2,1-3H3. The number of amides is 2. The number of hydrogen-bond donors (Lipinski definition) is 0. The first-order chi connectivity index (χ1) is 20.4. The van der Waals surface area contributed by atoms with Gasteiger partial charge in [-0.2, -0.15) is 0 Å². The van der Waals surface area contributed by atoms with Crippen LogP contribution in [0.3, 0.4) is 0 Å². The van der Waals surface area contributed by atoms with Crippen molar-refractivity contribution in [2.24, 2.45) is 0 Å². The summed E-state index contributed by atoms with van der Waals surface area (Å²) >= 11 is 6.46. The van der Waals surface area contributed by atoms with Gasteiger partial charge >= 0.3 is 5.69 Å². The molecule has 2 amide bonds. The van der Waals surface area contributed by atoms with Gasteiger partial charge in [-0.15, -0.1) is 0 Å². The van der Waals surface area contributed by atoms with Crippen LogP contribution in [-0.2, 0) is 38.8 Å². The molecule has 1 aromatic heterocycles. The van der Waals surface area contributed by atoms with Crippen LogP contribution < -0.4 is 11.2 Å². The number of fused-ring (bicyclic) bond motifs is 1. The predicted molar refractivity (Wildman–Crippen MR) is 164 cm³/mol. The second-order valence-corrected chi connectivity index (χ2v) is 13.9. The fraction of sp³-hybridized carbons (Fsp3) is 0.419. The zero-order valence-corrected chi connectivity index (χ0v) is 26.0. The van der Waals surface area contributed by atoms with Crippen LogP contribution in [-0.4, -0.2) is 71.1 Å². The SMILES string of the molecule is CC(C)n1c(=O)c(-c2cccc(S(C)(=O)=O)c2Cl)cn(CC(=O)N2CCC(N3CCc4ccccc4CC3=O)CC2)c1=O. The second-order valence-electron chi connectivity index (χ2n) is 11.5. The molecule has 0 radical (unpaired) electrons. The highest BCUT2D eigenvalue weighted by atomic mass is 35.5. The Kier molecular flexibility index (Phi) is 8.67. The molecule has 0 atom stereocenters. The van der Waals surface area contributed by atoms with Gasteiger partial charge < -0.3 is 9.80 Å². The molecular weight excluding hydrogens is 592 g/mol. The maximum Gasteiger partial charge on any atom is 0.331 e. The lowest BCUT2D eigenvalue weighted by Gasteiger charge is -2.38. The Balaban J connectivity index is 1.36. The zero-order valence-electron chi connectivity index (χ0n) is 24.5. The summed E-state index contributed by atoms with van der Waals surface area (Å²) in [6.45, 7) is 4.58. The molecule has 2 aromatic carbocycles. The van der Waals surface area contributed by atoms with Crippen LogP contribution in [0.4, 0.5) is 0 Å². The number of carbonyl (C=O) groups is 2. The van der Waals surface area contributed by atoms with Crippen molar-refractivity contribution in [3.05, 3.63) is 85.6 Å². The Morgan fingerprint density at radius 2 is 1.63 bits per heavy atom. The smallest absolute Gasteiger partial charge is 0.331 e. The largest absolute Gasteiger partial charge is 0.341 e. The van der Waals surface area contributed by atoms with Crippen molar-refractivity contribution in [1.82, 2.24) is 18.9 Å². The third-order valence-electron chi connectivity index (χ3n) is 8.32. The number of aromatic nitrogens is 2. The average Bonchev–Trinajstić information content (AvgIpc) is 3.12. The maximum absolute atomic E-state index is 13.4. The van der Waals surface area contributed by atoms with E-state index in [-0.39, 0.29) is 45.4 Å². The first-order valence-electron chi connectivity index (χ1n) is 14.4. The molecule has 0 unspecified atom stereocenters. The molecule has 1 saturated heterocycles.